The Morgan fingerprint density at radius 3 is 2.56 bits per heavy atom. The van der Waals surface area contributed by atoms with Crippen LogP contribution in [0.4, 0.5) is 17.1 Å². The monoisotopic (exact) mass is 475 g/mol. The first-order valence-electron chi connectivity index (χ1n) is 10.6. The number of nitrogens with zero attached hydrogens (tertiary/aromatic N) is 4. The fraction of sp³-hybridized carbons (Fsp3) is 0.167. The van der Waals surface area contributed by atoms with E-state index in [0.717, 1.165) is 17.5 Å². The van der Waals surface area contributed by atoms with Gasteiger partial charge >= 0.3 is 0 Å². The van der Waals surface area contributed by atoms with Crippen molar-refractivity contribution in [3.63, 3.8) is 0 Å². The van der Waals surface area contributed by atoms with Crippen LogP contribution in [0.25, 0.3) is 0 Å². The number of nitro benzene ring substituents is 1. The zero-order valence-corrected chi connectivity index (χ0v) is 18.9. The van der Waals surface area contributed by atoms with Crippen molar-refractivity contribution in [1.29, 1.82) is 0 Å². The molecule has 172 valence electrons. The first-order chi connectivity index (χ1) is 16.5. The van der Waals surface area contributed by atoms with Crippen molar-refractivity contribution in [3.05, 3.63) is 94.8 Å². The summed E-state index contributed by atoms with van der Waals surface area (Å²) in [5.41, 5.74) is 1.44. The second kappa shape index (κ2) is 10.7. The SMILES string of the molecule is O=C(CC1SC(=Nc2ccccc2[N+](=O)[O-])N(CCc2ccccn2)C1=O)Nc1ccccc1. The molecule has 0 saturated carbocycles. The summed E-state index contributed by atoms with van der Waals surface area (Å²) in [6, 6.07) is 20.6. The van der Waals surface area contributed by atoms with E-state index in [9.17, 15) is 19.7 Å². The number of pyridine rings is 1. The maximum Gasteiger partial charge on any atom is 0.294 e. The van der Waals surface area contributed by atoms with E-state index >= 15 is 0 Å². The number of hydrogen-bond donors (Lipinski definition) is 1. The standard InChI is InChI=1S/C24H21N5O4S/c30-22(26-18-9-2-1-3-10-18)16-21-23(31)28(15-13-17-8-6-7-14-25-17)24(34-21)27-19-11-4-5-12-20(19)29(32)33/h1-12,14,21H,13,15-16H2,(H,26,30). The highest BCUT2D eigenvalue weighted by atomic mass is 32.2. The highest BCUT2D eigenvalue weighted by Gasteiger charge is 2.39. The number of thioether (sulfide) groups is 1. The lowest BCUT2D eigenvalue weighted by Crippen LogP contribution is -2.35. The predicted molar refractivity (Wildman–Crippen MR) is 131 cm³/mol. The first-order valence-corrected chi connectivity index (χ1v) is 11.4. The largest absolute Gasteiger partial charge is 0.326 e. The maximum absolute atomic E-state index is 13.2. The number of amidine groups is 1. The summed E-state index contributed by atoms with van der Waals surface area (Å²) in [5.74, 6) is -0.560. The zero-order valence-electron chi connectivity index (χ0n) is 18.0. The number of amides is 2. The molecule has 0 bridgehead atoms. The van der Waals surface area contributed by atoms with Crippen molar-refractivity contribution in [1.82, 2.24) is 9.88 Å². The molecule has 10 heteroatoms. The van der Waals surface area contributed by atoms with Crippen LogP contribution in [-0.2, 0) is 16.0 Å². The Balaban J connectivity index is 1.56. The van der Waals surface area contributed by atoms with E-state index in [4.69, 9.17) is 0 Å². The van der Waals surface area contributed by atoms with Gasteiger partial charge in [-0.05, 0) is 30.3 Å². The molecular formula is C24H21N5O4S. The Labute approximate surface area is 200 Å². The number of nitro groups is 1. The van der Waals surface area contributed by atoms with Gasteiger partial charge in [-0.15, -0.1) is 0 Å². The topological polar surface area (TPSA) is 118 Å². The molecule has 1 aromatic heterocycles. The van der Waals surface area contributed by atoms with Gasteiger partial charge in [0.2, 0.25) is 11.8 Å². The molecule has 1 aliphatic rings. The molecule has 0 radical (unpaired) electrons. The van der Waals surface area contributed by atoms with Crippen LogP contribution in [0.2, 0.25) is 0 Å². The van der Waals surface area contributed by atoms with Gasteiger partial charge in [-0.2, -0.15) is 0 Å². The Morgan fingerprint density at radius 1 is 1.09 bits per heavy atom. The van der Waals surface area contributed by atoms with Crippen LogP contribution in [-0.4, -0.2) is 43.6 Å². The molecule has 3 aromatic rings. The maximum atomic E-state index is 13.2. The summed E-state index contributed by atoms with van der Waals surface area (Å²) in [4.78, 5) is 46.9. The smallest absolute Gasteiger partial charge is 0.294 e. The highest BCUT2D eigenvalue weighted by Crippen LogP contribution is 2.34. The van der Waals surface area contributed by atoms with E-state index in [1.807, 2.05) is 36.4 Å². The lowest BCUT2D eigenvalue weighted by Gasteiger charge is -2.16. The summed E-state index contributed by atoms with van der Waals surface area (Å²) in [5, 5.41) is 13.9. The molecule has 0 aliphatic carbocycles. The van der Waals surface area contributed by atoms with Crippen LogP contribution < -0.4 is 5.32 Å². The minimum Gasteiger partial charge on any atom is -0.326 e. The molecule has 0 spiro atoms. The number of nitrogens with one attached hydrogen (secondary N) is 1. The van der Waals surface area contributed by atoms with Crippen molar-refractivity contribution in [3.8, 4) is 0 Å². The minimum atomic E-state index is -0.686. The summed E-state index contributed by atoms with van der Waals surface area (Å²) in [6.07, 6.45) is 2.11. The van der Waals surface area contributed by atoms with Crippen LogP contribution in [0.15, 0.2) is 84.0 Å². The van der Waals surface area contributed by atoms with Crippen molar-refractivity contribution >= 4 is 45.8 Å². The molecule has 2 amide bonds. The van der Waals surface area contributed by atoms with E-state index < -0.39 is 10.2 Å². The lowest BCUT2D eigenvalue weighted by molar-refractivity contribution is -0.384. The number of anilines is 1. The molecule has 2 aromatic carbocycles. The molecule has 1 unspecified atom stereocenters. The van der Waals surface area contributed by atoms with E-state index in [2.05, 4.69) is 15.3 Å². The Hall–Kier alpha value is -4.05. The van der Waals surface area contributed by atoms with E-state index in [0.29, 0.717) is 23.8 Å². The van der Waals surface area contributed by atoms with Crippen LogP contribution in [0.5, 0.6) is 0 Å². The fourth-order valence-electron chi connectivity index (χ4n) is 3.42. The minimum absolute atomic E-state index is 0.0472. The molecule has 1 saturated heterocycles. The molecule has 1 aliphatic heterocycles. The number of para-hydroxylation sites is 3. The molecule has 2 heterocycles. The number of carbonyl (C=O) groups excluding carboxylic acids is 2. The van der Waals surface area contributed by atoms with Gasteiger partial charge in [0.15, 0.2) is 5.17 Å². The summed E-state index contributed by atoms with van der Waals surface area (Å²) >= 11 is 1.14. The van der Waals surface area contributed by atoms with Crippen molar-refractivity contribution in [2.45, 2.75) is 18.1 Å². The Morgan fingerprint density at radius 2 is 1.82 bits per heavy atom. The normalized spacial score (nSPS) is 16.6. The van der Waals surface area contributed by atoms with Crippen molar-refractivity contribution < 1.29 is 14.5 Å². The van der Waals surface area contributed by atoms with Gasteiger partial charge in [0.05, 0.1) is 4.92 Å². The molecule has 4 rings (SSSR count). The van der Waals surface area contributed by atoms with Crippen LogP contribution >= 0.6 is 11.8 Å². The number of carbonyl (C=O) groups is 2. The van der Waals surface area contributed by atoms with Gasteiger partial charge in [0.1, 0.15) is 10.9 Å². The zero-order chi connectivity index (χ0) is 23.9. The van der Waals surface area contributed by atoms with E-state index in [1.165, 1.54) is 17.0 Å². The Kier molecular flexibility index (Phi) is 7.28. The number of hydrogen-bond acceptors (Lipinski definition) is 7. The Bertz CT molecular complexity index is 1220. The molecule has 1 atom stereocenters. The second-order valence-corrected chi connectivity index (χ2v) is 8.60. The number of benzene rings is 2. The number of aromatic nitrogens is 1. The van der Waals surface area contributed by atoms with Crippen molar-refractivity contribution in [2.24, 2.45) is 4.99 Å². The number of aliphatic imine (C=N–C) groups is 1. The lowest BCUT2D eigenvalue weighted by atomic mass is 10.2. The van der Waals surface area contributed by atoms with Crippen LogP contribution in [0, 0.1) is 10.1 Å². The average Bonchev–Trinajstić information content (AvgIpc) is 3.12. The summed E-state index contributed by atoms with van der Waals surface area (Å²) in [6.45, 7) is 0.291. The van der Waals surface area contributed by atoms with Gasteiger partial charge in [-0.3, -0.25) is 29.6 Å². The third-order valence-corrected chi connectivity index (χ3v) is 6.24. The van der Waals surface area contributed by atoms with Gasteiger partial charge in [-0.1, -0.05) is 48.2 Å². The van der Waals surface area contributed by atoms with Gasteiger partial charge in [-0.25, -0.2) is 4.99 Å². The average molecular weight is 476 g/mol. The fourth-order valence-corrected chi connectivity index (χ4v) is 4.60. The third-order valence-electron chi connectivity index (χ3n) is 5.06. The third kappa shape index (κ3) is 5.65. The summed E-state index contributed by atoms with van der Waals surface area (Å²) in [7, 11) is 0. The summed E-state index contributed by atoms with van der Waals surface area (Å²) < 4.78 is 0. The van der Waals surface area contributed by atoms with Crippen LogP contribution in [0.1, 0.15) is 12.1 Å². The molecule has 1 fully saturated rings. The van der Waals surface area contributed by atoms with Gasteiger partial charge in [0.25, 0.3) is 5.69 Å². The molecule has 34 heavy (non-hydrogen) atoms. The van der Waals surface area contributed by atoms with Crippen LogP contribution in [0.3, 0.4) is 0 Å². The second-order valence-electron chi connectivity index (χ2n) is 7.43. The van der Waals surface area contributed by atoms with Crippen molar-refractivity contribution in [2.75, 3.05) is 11.9 Å². The van der Waals surface area contributed by atoms with E-state index in [-0.39, 0.29) is 29.6 Å². The van der Waals surface area contributed by atoms with Gasteiger partial charge < -0.3 is 5.32 Å². The first kappa shape index (κ1) is 23.1. The quantitative estimate of drug-likeness (QED) is 0.385. The predicted octanol–water partition coefficient (Wildman–Crippen LogP) is 4.19. The van der Waals surface area contributed by atoms with E-state index in [1.54, 1.807) is 30.5 Å². The van der Waals surface area contributed by atoms with Gasteiger partial charge in [0, 0.05) is 43.0 Å². The highest BCUT2D eigenvalue weighted by molar-refractivity contribution is 8.15. The number of rotatable bonds is 8. The molecule has 9 nitrogen and oxygen atoms in total. The molecule has 1 N–H and O–H groups in total. The molecular weight excluding hydrogens is 454 g/mol.